The largest absolute Gasteiger partial charge is 0.437 e. The maximum atomic E-state index is 10.7. The van der Waals surface area contributed by atoms with Crippen LogP contribution in [0.3, 0.4) is 0 Å². The van der Waals surface area contributed by atoms with Gasteiger partial charge in [-0.3, -0.25) is 0 Å². The maximum absolute atomic E-state index is 10.7. The Kier molecular flexibility index (Phi) is 25.9. The summed E-state index contributed by atoms with van der Waals surface area (Å²) in [5, 5.41) is 21.4. The lowest BCUT2D eigenvalue weighted by molar-refractivity contribution is -0.160. The van der Waals surface area contributed by atoms with E-state index in [2.05, 4.69) is 137 Å². The van der Waals surface area contributed by atoms with Crippen LogP contribution < -0.4 is 0 Å². The highest BCUT2D eigenvalue weighted by Crippen LogP contribution is 2.29. The van der Waals surface area contributed by atoms with Crippen LogP contribution in [0.4, 0.5) is 0 Å². The van der Waals surface area contributed by atoms with Crippen LogP contribution in [0.1, 0.15) is 38.5 Å². The van der Waals surface area contributed by atoms with E-state index in [9.17, 15) is 10.2 Å². The Morgan fingerprint density at radius 2 is 0.517 bits per heavy atom. The monoisotopic (exact) mass is 980 g/mol. The first-order valence-corrected chi connectivity index (χ1v) is 50.2. The van der Waals surface area contributed by atoms with Crippen molar-refractivity contribution < 1.29 is 49.1 Å². The molecule has 58 heavy (non-hydrogen) atoms. The van der Waals surface area contributed by atoms with Crippen molar-refractivity contribution in [3.05, 3.63) is 0 Å². The Morgan fingerprint density at radius 1 is 0.310 bits per heavy atom. The van der Waals surface area contributed by atoms with Crippen molar-refractivity contribution in [1.82, 2.24) is 0 Å². The topological polar surface area (TPSA) is 124 Å². The van der Waals surface area contributed by atoms with E-state index < -0.39 is 93.9 Å². The molecule has 1 unspecified atom stereocenters. The van der Waals surface area contributed by atoms with Crippen LogP contribution >= 0.6 is 0 Å². The number of rotatable bonds is 34. The number of hydrogen-bond donors (Lipinski definition) is 2. The molecule has 0 aromatic rings. The zero-order valence-electron chi connectivity index (χ0n) is 41.7. The Morgan fingerprint density at radius 3 is 0.707 bits per heavy atom. The average Bonchev–Trinajstić information content (AvgIpc) is 2.93. The molecule has 11 nitrogen and oxygen atoms in total. The molecule has 0 aliphatic heterocycles. The SMILES string of the molecule is C[Si](C)(C)O[Si](C)(CCCCOC([C@H](CO)OCCCC[Si](C)(O[Si](C)(C)C)O[Si](C)(C)C)[C@@H](CO)OCCCC[Si](C)(O[Si](C)(C)C)O[Si](C)(C)C)O[Si](C)(C)C. The molecule has 0 saturated heterocycles. The summed E-state index contributed by atoms with van der Waals surface area (Å²) in [7, 11) is -17.8. The van der Waals surface area contributed by atoms with Gasteiger partial charge in [-0.25, -0.2) is 0 Å². The lowest BCUT2D eigenvalue weighted by Crippen LogP contribution is -2.52. The summed E-state index contributed by atoms with van der Waals surface area (Å²) in [5.74, 6) is 0. The van der Waals surface area contributed by atoms with Crippen molar-refractivity contribution in [3.63, 3.8) is 0 Å². The van der Waals surface area contributed by atoms with E-state index in [1.807, 2.05) is 0 Å². The van der Waals surface area contributed by atoms with Gasteiger partial charge < -0.3 is 49.1 Å². The van der Waals surface area contributed by atoms with Crippen molar-refractivity contribution in [2.24, 2.45) is 0 Å². The molecular weight excluding hydrogens is 885 g/mol. The first-order chi connectivity index (χ1) is 25.9. The fourth-order valence-electron chi connectivity index (χ4n) is 7.55. The lowest BCUT2D eigenvalue weighted by atomic mass is 10.1. The van der Waals surface area contributed by atoms with Gasteiger partial charge in [0, 0.05) is 19.8 Å². The van der Waals surface area contributed by atoms with Crippen LogP contribution in [0.25, 0.3) is 0 Å². The van der Waals surface area contributed by atoms with Crippen LogP contribution in [0.15, 0.2) is 0 Å². The van der Waals surface area contributed by atoms with Crippen LogP contribution in [0, 0.1) is 0 Å². The molecule has 0 aromatic heterocycles. The van der Waals surface area contributed by atoms with Gasteiger partial charge in [-0.05, 0) is 194 Å². The van der Waals surface area contributed by atoms with E-state index in [1.54, 1.807) is 0 Å². The van der Waals surface area contributed by atoms with Crippen molar-refractivity contribution in [2.75, 3.05) is 33.0 Å². The highest BCUT2D eigenvalue weighted by molar-refractivity contribution is 6.89. The molecule has 0 aliphatic rings. The van der Waals surface area contributed by atoms with Gasteiger partial charge in [0.05, 0.1) is 13.2 Å². The Hall–Kier alpha value is 1.51. The first-order valence-electron chi connectivity index (χ1n) is 22.2. The van der Waals surface area contributed by atoms with Gasteiger partial charge >= 0.3 is 25.7 Å². The van der Waals surface area contributed by atoms with E-state index in [0.717, 1.165) is 56.7 Å². The van der Waals surface area contributed by atoms with Crippen molar-refractivity contribution in [3.8, 4) is 0 Å². The molecular formula is C38H96O11Si9. The highest BCUT2D eigenvalue weighted by Gasteiger charge is 2.42. The van der Waals surface area contributed by atoms with Crippen molar-refractivity contribution in [1.29, 1.82) is 0 Å². The summed E-state index contributed by atoms with van der Waals surface area (Å²) in [6, 6.07) is 2.69. The molecule has 0 spiro atoms. The van der Waals surface area contributed by atoms with Crippen LogP contribution in [0.2, 0.25) is 156 Å². The molecule has 3 atom stereocenters. The third-order valence-electron chi connectivity index (χ3n) is 8.28. The standard InChI is InChI=1S/C38H96O11Si9/c1-50(2,3)44-56(19,45-51(4,5)6)31-25-22-28-41-36(34-39)38(43-30-24-27-33-58(21,48-54(13,14)15)49-55(16,17)18)37(35-40)42-29-23-26-32-57(20,46-52(7,8)9)47-53(10,11)12/h36-40H,22-35H2,1-21H3/t36-,37+,38?. The minimum atomic E-state index is -2.37. The van der Waals surface area contributed by atoms with E-state index in [0.29, 0.717) is 19.8 Å². The smallest absolute Gasteiger partial charge is 0.314 e. The summed E-state index contributed by atoms with van der Waals surface area (Å²) in [4.78, 5) is 0. The fourth-order valence-corrected chi connectivity index (χ4v) is 45.4. The molecule has 20 heteroatoms. The summed E-state index contributed by atoms with van der Waals surface area (Å²) < 4.78 is 59.6. The van der Waals surface area contributed by atoms with Gasteiger partial charge in [-0.15, -0.1) is 0 Å². The first kappa shape index (κ1) is 59.5. The minimum Gasteiger partial charge on any atom is -0.437 e. The van der Waals surface area contributed by atoms with Gasteiger partial charge in [-0.2, -0.15) is 0 Å². The quantitative estimate of drug-likeness (QED) is 0.0473. The lowest BCUT2D eigenvalue weighted by Gasteiger charge is -2.39. The molecule has 0 bridgehead atoms. The normalized spacial score (nSPS) is 16.2. The molecule has 0 heterocycles. The second-order valence-electron chi connectivity index (χ2n) is 22.6. The number of aliphatic hydroxyl groups excluding tert-OH is 2. The van der Waals surface area contributed by atoms with Gasteiger partial charge in [0.25, 0.3) is 0 Å². The third kappa shape index (κ3) is 31.4. The second-order valence-corrected chi connectivity index (χ2v) is 61.1. The fraction of sp³-hybridized carbons (Fsp3) is 1.00. The summed E-state index contributed by atoms with van der Waals surface area (Å²) >= 11 is 0. The average molecular weight is 982 g/mol. The van der Waals surface area contributed by atoms with E-state index >= 15 is 0 Å². The predicted molar refractivity (Wildman–Crippen MR) is 267 cm³/mol. The highest BCUT2D eigenvalue weighted by atomic mass is 28.5. The van der Waals surface area contributed by atoms with Crippen LogP contribution in [0.5, 0.6) is 0 Å². The van der Waals surface area contributed by atoms with E-state index in [1.165, 1.54) is 0 Å². The van der Waals surface area contributed by atoms with E-state index in [4.69, 9.17) is 38.9 Å². The molecule has 0 radical (unpaired) electrons. The number of hydrogen-bond acceptors (Lipinski definition) is 11. The number of ether oxygens (including phenoxy) is 3. The number of unbranched alkanes of at least 4 members (excludes halogenated alkanes) is 3. The molecule has 0 amide bonds. The van der Waals surface area contributed by atoms with E-state index in [-0.39, 0.29) is 13.2 Å². The molecule has 0 rings (SSSR count). The zero-order valence-corrected chi connectivity index (χ0v) is 50.7. The minimum absolute atomic E-state index is 0.237. The van der Waals surface area contributed by atoms with Gasteiger partial charge in [0.2, 0.25) is 0 Å². The zero-order chi connectivity index (χ0) is 45.5. The Labute approximate surface area is 368 Å². The third-order valence-corrected chi connectivity index (χ3v) is 37.1. The van der Waals surface area contributed by atoms with Crippen molar-refractivity contribution >= 4 is 75.6 Å². The summed E-state index contributed by atoms with van der Waals surface area (Å²) in [5.41, 5.74) is 0. The molecule has 0 aromatic carbocycles. The molecule has 0 fully saturated rings. The summed E-state index contributed by atoms with van der Waals surface area (Å²) in [6.07, 6.45) is 3.21. The Bertz CT molecular complexity index is 1010. The van der Waals surface area contributed by atoms with Crippen LogP contribution in [-0.2, 0) is 38.9 Å². The number of aliphatic hydroxyl groups is 2. The molecule has 0 aliphatic carbocycles. The van der Waals surface area contributed by atoms with Crippen molar-refractivity contribution in [2.45, 2.75) is 212 Å². The van der Waals surface area contributed by atoms with Gasteiger partial charge in [-0.1, -0.05) is 0 Å². The van der Waals surface area contributed by atoms with Gasteiger partial charge in [0.1, 0.15) is 18.3 Å². The molecule has 350 valence electrons. The Balaban J connectivity index is 5.86. The predicted octanol–water partition coefficient (Wildman–Crippen LogP) is 10.8. The molecule has 0 saturated carbocycles. The second kappa shape index (κ2) is 25.3. The molecule has 2 N–H and O–H groups in total. The maximum Gasteiger partial charge on any atom is 0.314 e. The van der Waals surface area contributed by atoms with Crippen LogP contribution in [-0.4, -0.2) is 137 Å². The van der Waals surface area contributed by atoms with Gasteiger partial charge in [0.15, 0.2) is 49.9 Å². The summed E-state index contributed by atoms with van der Waals surface area (Å²) in [6.45, 7) is 47.7.